The highest BCUT2D eigenvalue weighted by molar-refractivity contribution is 7.91. The molecule has 1 atom stereocenters. The van der Waals surface area contributed by atoms with E-state index in [2.05, 4.69) is 5.32 Å². The fraction of sp³-hybridized carbons (Fsp3) is 0.294. The Labute approximate surface area is 135 Å². The van der Waals surface area contributed by atoms with E-state index in [0.717, 1.165) is 16.7 Å². The summed E-state index contributed by atoms with van der Waals surface area (Å²) in [5, 5.41) is 10.9. The van der Waals surface area contributed by atoms with Gasteiger partial charge in [-0.1, -0.05) is 35.9 Å². The molecule has 23 heavy (non-hydrogen) atoms. The molecule has 3 rings (SSSR count). The molecule has 5 nitrogen and oxygen atoms in total. The summed E-state index contributed by atoms with van der Waals surface area (Å²) in [5.41, 5.74) is 3.66. The van der Waals surface area contributed by atoms with Crippen LogP contribution >= 0.6 is 0 Å². The Hall–Kier alpha value is -1.73. The maximum atomic E-state index is 12.9. The monoisotopic (exact) mass is 333 g/mol. The highest BCUT2D eigenvalue weighted by Crippen LogP contribution is 2.30. The largest absolute Gasteiger partial charge is 0.381 e. The van der Waals surface area contributed by atoms with Crippen LogP contribution in [0.3, 0.4) is 0 Å². The van der Waals surface area contributed by atoms with Gasteiger partial charge in [-0.05, 0) is 35.7 Å². The number of aliphatic hydroxyl groups excluding tert-OH is 1. The molecular formula is C17H19NO4S. The first-order chi connectivity index (χ1) is 11.0. The number of sulfone groups is 1. The van der Waals surface area contributed by atoms with Crippen molar-refractivity contribution in [2.45, 2.75) is 30.4 Å². The fourth-order valence-electron chi connectivity index (χ4n) is 2.71. The second kappa shape index (κ2) is 6.41. The zero-order chi connectivity index (χ0) is 16.4. The molecule has 1 unspecified atom stereocenters. The molecule has 0 fully saturated rings. The molecule has 0 bridgehead atoms. The average molecular weight is 333 g/mol. The van der Waals surface area contributed by atoms with Crippen molar-refractivity contribution in [1.29, 1.82) is 0 Å². The van der Waals surface area contributed by atoms with Gasteiger partial charge in [-0.3, -0.25) is 5.32 Å². The topological polar surface area (TPSA) is 75.6 Å². The number of aryl methyl sites for hydroxylation is 1. The highest BCUT2D eigenvalue weighted by Gasteiger charge is 2.29. The summed E-state index contributed by atoms with van der Waals surface area (Å²) >= 11 is 0. The van der Waals surface area contributed by atoms with E-state index in [-0.39, 0.29) is 4.90 Å². The molecule has 6 heteroatoms. The number of hydrogen-bond acceptors (Lipinski definition) is 5. The molecule has 0 radical (unpaired) electrons. The molecule has 0 amide bonds. The van der Waals surface area contributed by atoms with Crippen molar-refractivity contribution in [2.24, 2.45) is 0 Å². The normalized spacial score (nSPS) is 15.4. The predicted molar refractivity (Wildman–Crippen MR) is 86.3 cm³/mol. The fourth-order valence-corrected chi connectivity index (χ4v) is 4.30. The molecule has 1 aliphatic rings. The van der Waals surface area contributed by atoms with E-state index in [1.807, 2.05) is 19.1 Å². The number of benzene rings is 2. The van der Waals surface area contributed by atoms with Crippen molar-refractivity contribution >= 4 is 9.84 Å². The van der Waals surface area contributed by atoms with Crippen molar-refractivity contribution < 1.29 is 18.3 Å². The van der Waals surface area contributed by atoms with Crippen LogP contribution in [0.2, 0.25) is 0 Å². The predicted octanol–water partition coefficient (Wildman–Crippen LogP) is 2.04. The number of fused-ring (bicyclic) bond motifs is 1. The minimum absolute atomic E-state index is 0.228. The van der Waals surface area contributed by atoms with Crippen molar-refractivity contribution in [2.75, 3.05) is 6.73 Å². The van der Waals surface area contributed by atoms with E-state index < -0.39 is 21.9 Å². The van der Waals surface area contributed by atoms with Gasteiger partial charge in [0.25, 0.3) is 0 Å². The smallest absolute Gasteiger partial charge is 0.198 e. The van der Waals surface area contributed by atoms with Crippen LogP contribution in [0.25, 0.3) is 0 Å². The van der Waals surface area contributed by atoms with E-state index in [9.17, 15) is 13.5 Å². The number of hydrogen-bond donors (Lipinski definition) is 2. The third-order valence-corrected chi connectivity index (χ3v) is 5.97. The zero-order valence-electron chi connectivity index (χ0n) is 12.8. The Morgan fingerprint density at radius 1 is 1.13 bits per heavy atom. The van der Waals surface area contributed by atoms with Gasteiger partial charge in [0.15, 0.2) is 9.84 Å². The maximum absolute atomic E-state index is 12.9. The third kappa shape index (κ3) is 3.16. The third-order valence-electron chi connectivity index (χ3n) is 3.98. The van der Waals surface area contributed by atoms with Crippen LogP contribution in [0.4, 0.5) is 0 Å². The van der Waals surface area contributed by atoms with Crippen molar-refractivity contribution in [3.8, 4) is 0 Å². The van der Waals surface area contributed by atoms with Crippen molar-refractivity contribution in [3.63, 3.8) is 0 Å². The number of ether oxygens (including phenoxy) is 1. The molecule has 122 valence electrons. The maximum Gasteiger partial charge on any atom is 0.198 e. The number of rotatable bonds is 5. The van der Waals surface area contributed by atoms with Crippen LogP contribution in [-0.2, 0) is 27.8 Å². The Bertz CT molecular complexity index is 800. The molecule has 1 aliphatic heterocycles. The van der Waals surface area contributed by atoms with Gasteiger partial charge in [0.2, 0.25) is 0 Å². The van der Waals surface area contributed by atoms with E-state index in [4.69, 9.17) is 4.74 Å². The lowest BCUT2D eigenvalue weighted by Gasteiger charge is -2.19. The zero-order valence-corrected chi connectivity index (χ0v) is 13.6. The van der Waals surface area contributed by atoms with Gasteiger partial charge in [-0.25, -0.2) is 8.42 Å². The van der Waals surface area contributed by atoms with Crippen molar-refractivity contribution in [3.05, 3.63) is 64.7 Å². The lowest BCUT2D eigenvalue weighted by molar-refractivity contribution is 0.134. The first-order valence-corrected chi connectivity index (χ1v) is 8.91. The number of nitrogens with one attached hydrogen (secondary N) is 1. The average Bonchev–Trinajstić information content (AvgIpc) is 3.00. The van der Waals surface area contributed by atoms with Gasteiger partial charge in [-0.2, -0.15) is 0 Å². The molecule has 0 saturated carbocycles. The summed E-state index contributed by atoms with van der Waals surface area (Å²) in [4.78, 5) is 0.228. The van der Waals surface area contributed by atoms with Crippen LogP contribution in [-0.4, -0.2) is 20.3 Å². The standard InChI is InChI=1S/C17H19NO4S/c1-12-2-6-16(7-3-12)23(20,21)17(18-11-19)13-4-5-14-9-22-10-15(14)8-13/h2-8,17-19H,9-11H2,1H3. The van der Waals surface area contributed by atoms with Crippen molar-refractivity contribution in [1.82, 2.24) is 5.32 Å². The molecular weight excluding hydrogens is 314 g/mol. The van der Waals surface area contributed by atoms with Gasteiger partial charge >= 0.3 is 0 Å². The minimum Gasteiger partial charge on any atom is -0.381 e. The van der Waals surface area contributed by atoms with Crippen LogP contribution in [0.1, 0.15) is 27.6 Å². The lowest BCUT2D eigenvalue weighted by atomic mass is 10.1. The molecule has 2 N–H and O–H groups in total. The molecule has 0 aliphatic carbocycles. The van der Waals surface area contributed by atoms with E-state index >= 15 is 0 Å². The number of aliphatic hydroxyl groups is 1. The first-order valence-electron chi connectivity index (χ1n) is 7.36. The highest BCUT2D eigenvalue weighted by atomic mass is 32.2. The summed E-state index contributed by atoms with van der Waals surface area (Å²) in [5.74, 6) is 0. The molecule has 1 heterocycles. The Kier molecular flexibility index (Phi) is 4.50. The lowest BCUT2D eigenvalue weighted by Crippen LogP contribution is -2.29. The summed E-state index contributed by atoms with van der Waals surface area (Å²) in [6.45, 7) is 2.52. The quantitative estimate of drug-likeness (QED) is 0.819. The minimum atomic E-state index is -3.66. The van der Waals surface area contributed by atoms with E-state index in [0.29, 0.717) is 18.8 Å². The molecule has 0 aromatic heterocycles. The van der Waals surface area contributed by atoms with Gasteiger partial charge < -0.3 is 9.84 Å². The molecule has 0 saturated heterocycles. The molecule has 2 aromatic carbocycles. The SMILES string of the molecule is Cc1ccc(S(=O)(=O)C(NCO)c2ccc3c(c2)COC3)cc1. The second-order valence-electron chi connectivity index (χ2n) is 5.62. The second-order valence-corrected chi connectivity index (χ2v) is 7.65. The van der Waals surface area contributed by atoms with Gasteiger partial charge in [0, 0.05) is 0 Å². The molecule has 2 aromatic rings. The Morgan fingerprint density at radius 2 is 1.83 bits per heavy atom. The van der Waals surface area contributed by atoms with Gasteiger partial charge in [-0.15, -0.1) is 0 Å². The molecule has 0 spiro atoms. The van der Waals surface area contributed by atoms with Gasteiger partial charge in [0.1, 0.15) is 5.37 Å². The first kappa shape index (κ1) is 16.1. The van der Waals surface area contributed by atoms with Crippen LogP contribution in [0.5, 0.6) is 0 Å². The van der Waals surface area contributed by atoms with Crippen LogP contribution in [0.15, 0.2) is 47.4 Å². The van der Waals surface area contributed by atoms with Crippen LogP contribution in [0, 0.1) is 6.92 Å². The van der Waals surface area contributed by atoms with E-state index in [1.54, 1.807) is 30.3 Å². The van der Waals surface area contributed by atoms with E-state index in [1.165, 1.54) is 0 Å². The Balaban J connectivity index is 2.02. The summed E-state index contributed by atoms with van der Waals surface area (Å²) in [7, 11) is -3.66. The summed E-state index contributed by atoms with van der Waals surface area (Å²) in [6.07, 6.45) is 0. The summed E-state index contributed by atoms with van der Waals surface area (Å²) < 4.78 is 31.2. The van der Waals surface area contributed by atoms with Gasteiger partial charge in [0.05, 0.1) is 24.8 Å². The van der Waals surface area contributed by atoms with Crippen LogP contribution < -0.4 is 5.32 Å². The Morgan fingerprint density at radius 3 is 2.52 bits per heavy atom. The summed E-state index contributed by atoms with van der Waals surface area (Å²) in [6, 6.07) is 12.2.